The third-order valence-electron chi connectivity index (χ3n) is 3.67. The Labute approximate surface area is 120 Å². The number of rotatable bonds is 7. The molecule has 20 heavy (non-hydrogen) atoms. The number of fused-ring (bicyclic) bond motifs is 1. The standard InChI is InChI=1S/C16H24N2O2/c1-5-7-11(8-6-2)16-17-12-9-14(19-3)15(20-4)10-13(12)18-16/h9-11H,5-8H2,1-4H3,(H,17,18). The van der Waals surface area contributed by atoms with Gasteiger partial charge in [-0.05, 0) is 12.8 Å². The van der Waals surface area contributed by atoms with Gasteiger partial charge in [0.2, 0.25) is 0 Å². The summed E-state index contributed by atoms with van der Waals surface area (Å²) in [4.78, 5) is 8.19. The van der Waals surface area contributed by atoms with Gasteiger partial charge in [-0.3, -0.25) is 0 Å². The Morgan fingerprint density at radius 1 is 1.05 bits per heavy atom. The van der Waals surface area contributed by atoms with E-state index in [0.717, 1.165) is 28.4 Å². The van der Waals surface area contributed by atoms with Crippen LogP contribution in [-0.2, 0) is 0 Å². The van der Waals surface area contributed by atoms with Crippen molar-refractivity contribution in [3.63, 3.8) is 0 Å². The summed E-state index contributed by atoms with van der Waals surface area (Å²) in [6.45, 7) is 4.44. The molecule has 1 heterocycles. The minimum Gasteiger partial charge on any atom is -0.493 e. The van der Waals surface area contributed by atoms with E-state index >= 15 is 0 Å². The summed E-state index contributed by atoms with van der Waals surface area (Å²) < 4.78 is 10.7. The van der Waals surface area contributed by atoms with Crippen LogP contribution in [0.4, 0.5) is 0 Å². The molecule has 1 aromatic carbocycles. The molecule has 2 aromatic rings. The summed E-state index contributed by atoms with van der Waals surface area (Å²) in [5, 5.41) is 0. The van der Waals surface area contributed by atoms with Crippen LogP contribution in [-0.4, -0.2) is 24.2 Å². The van der Waals surface area contributed by atoms with Crippen molar-refractivity contribution < 1.29 is 9.47 Å². The lowest BCUT2D eigenvalue weighted by molar-refractivity contribution is 0.356. The number of methoxy groups -OCH3 is 2. The number of hydrogen-bond acceptors (Lipinski definition) is 3. The molecule has 0 spiro atoms. The SMILES string of the molecule is CCCC(CCC)c1nc2cc(OC)c(OC)cc2[nH]1. The predicted octanol–water partition coefficient (Wildman–Crippen LogP) is 4.26. The van der Waals surface area contributed by atoms with Gasteiger partial charge in [0.1, 0.15) is 5.82 Å². The third kappa shape index (κ3) is 2.89. The number of nitrogens with one attached hydrogen (secondary N) is 1. The quantitative estimate of drug-likeness (QED) is 0.821. The van der Waals surface area contributed by atoms with Crippen molar-refractivity contribution in [2.24, 2.45) is 0 Å². The first-order valence-corrected chi connectivity index (χ1v) is 7.35. The van der Waals surface area contributed by atoms with Crippen molar-refractivity contribution in [3.8, 4) is 11.5 Å². The fourth-order valence-electron chi connectivity index (χ4n) is 2.66. The number of aromatic amines is 1. The summed E-state index contributed by atoms with van der Waals surface area (Å²) in [6, 6.07) is 3.89. The van der Waals surface area contributed by atoms with E-state index in [0.29, 0.717) is 5.92 Å². The van der Waals surface area contributed by atoms with Crippen LogP contribution in [0.1, 0.15) is 51.3 Å². The average molecular weight is 276 g/mol. The number of hydrogen-bond donors (Lipinski definition) is 1. The van der Waals surface area contributed by atoms with Crippen LogP contribution in [0.15, 0.2) is 12.1 Å². The van der Waals surface area contributed by atoms with E-state index in [-0.39, 0.29) is 0 Å². The van der Waals surface area contributed by atoms with E-state index in [9.17, 15) is 0 Å². The van der Waals surface area contributed by atoms with Gasteiger partial charge in [0.05, 0.1) is 25.3 Å². The Kier molecular flexibility index (Phi) is 4.88. The van der Waals surface area contributed by atoms with Gasteiger partial charge in [0, 0.05) is 18.1 Å². The molecule has 0 aliphatic carbocycles. The summed E-state index contributed by atoms with van der Waals surface area (Å²) in [5.74, 6) is 3.05. The second kappa shape index (κ2) is 6.64. The number of imidazole rings is 1. The van der Waals surface area contributed by atoms with Gasteiger partial charge in [0.15, 0.2) is 11.5 Å². The lowest BCUT2D eigenvalue weighted by atomic mass is 9.98. The van der Waals surface area contributed by atoms with Gasteiger partial charge >= 0.3 is 0 Å². The van der Waals surface area contributed by atoms with Gasteiger partial charge in [0.25, 0.3) is 0 Å². The molecule has 110 valence electrons. The number of ether oxygens (including phenoxy) is 2. The minimum absolute atomic E-state index is 0.509. The molecular formula is C16H24N2O2. The van der Waals surface area contributed by atoms with Gasteiger partial charge in [-0.15, -0.1) is 0 Å². The molecule has 0 saturated heterocycles. The van der Waals surface area contributed by atoms with Gasteiger partial charge in [-0.2, -0.15) is 0 Å². The molecule has 1 aromatic heterocycles. The monoisotopic (exact) mass is 276 g/mol. The largest absolute Gasteiger partial charge is 0.493 e. The zero-order valence-corrected chi connectivity index (χ0v) is 12.8. The van der Waals surface area contributed by atoms with Crippen molar-refractivity contribution in [1.29, 1.82) is 0 Å². The normalized spacial score (nSPS) is 11.2. The molecule has 0 aliphatic heterocycles. The van der Waals surface area contributed by atoms with Crippen molar-refractivity contribution in [1.82, 2.24) is 9.97 Å². The molecule has 0 saturated carbocycles. The van der Waals surface area contributed by atoms with Gasteiger partial charge in [-0.25, -0.2) is 4.98 Å². The van der Waals surface area contributed by atoms with Crippen LogP contribution in [0, 0.1) is 0 Å². The zero-order valence-electron chi connectivity index (χ0n) is 12.8. The molecule has 0 unspecified atom stereocenters. The van der Waals surface area contributed by atoms with Crippen LogP contribution in [0.5, 0.6) is 11.5 Å². The molecule has 0 radical (unpaired) electrons. The zero-order chi connectivity index (χ0) is 14.5. The van der Waals surface area contributed by atoms with Crippen molar-refractivity contribution in [3.05, 3.63) is 18.0 Å². The number of aromatic nitrogens is 2. The number of nitrogens with zero attached hydrogens (tertiary/aromatic N) is 1. The molecule has 4 nitrogen and oxygen atoms in total. The molecule has 2 rings (SSSR count). The Balaban J connectivity index is 2.41. The van der Waals surface area contributed by atoms with E-state index in [1.165, 1.54) is 25.7 Å². The van der Waals surface area contributed by atoms with Gasteiger partial charge < -0.3 is 14.5 Å². The van der Waals surface area contributed by atoms with E-state index in [1.807, 2.05) is 12.1 Å². The Bertz CT molecular complexity index is 516. The Hall–Kier alpha value is -1.71. The Morgan fingerprint density at radius 2 is 1.65 bits per heavy atom. The maximum Gasteiger partial charge on any atom is 0.163 e. The van der Waals surface area contributed by atoms with Crippen molar-refractivity contribution in [2.45, 2.75) is 45.4 Å². The lowest BCUT2D eigenvalue weighted by Gasteiger charge is -2.11. The summed E-state index contributed by atoms with van der Waals surface area (Å²) >= 11 is 0. The van der Waals surface area contributed by atoms with Gasteiger partial charge in [-0.1, -0.05) is 26.7 Å². The molecule has 0 amide bonds. The van der Waals surface area contributed by atoms with Crippen LogP contribution in [0.25, 0.3) is 11.0 Å². The average Bonchev–Trinajstić information content (AvgIpc) is 2.88. The summed E-state index contributed by atoms with van der Waals surface area (Å²) in [7, 11) is 3.30. The molecule has 0 atom stereocenters. The van der Waals surface area contributed by atoms with Crippen LogP contribution in [0.2, 0.25) is 0 Å². The van der Waals surface area contributed by atoms with Crippen LogP contribution >= 0.6 is 0 Å². The molecule has 0 bridgehead atoms. The van der Waals surface area contributed by atoms with E-state index < -0.39 is 0 Å². The summed E-state index contributed by atoms with van der Waals surface area (Å²) in [5.41, 5.74) is 1.95. The van der Waals surface area contributed by atoms with Crippen molar-refractivity contribution in [2.75, 3.05) is 14.2 Å². The highest BCUT2D eigenvalue weighted by Crippen LogP contribution is 2.33. The first-order valence-electron chi connectivity index (χ1n) is 7.35. The molecular weight excluding hydrogens is 252 g/mol. The topological polar surface area (TPSA) is 47.1 Å². The fourth-order valence-corrected chi connectivity index (χ4v) is 2.66. The number of H-pyrrole nitrogens is 1. The van der Waals surface area contributed by atoms with E-state index in [1.54, 1.807) is 14.2 Å². The molecule has 4 heteroatoms. The minimum atomic E-state index is 0.509. The second-order valence-electron chi connectivity index (χ2n) is 5.12. The highest BCUT2D eigenvalue weighted by atomic mass is 16.5. The molecule has 0 fully saturated rings. The van der Waals surface area contributed by atoms with Crippen LogP contribution < -0.4 is 9.47 Å². The molecule has 1 N–H and O–H groups in total. The second-order valence-corrected chi connectivity index (χ2v) is 5.12. The van der Waals surface area contributed by atoms with Crippen LogP contribution in [0.3, 0.4) is 0 Å². The molecule has 0 aliphatic rings. The van der Waals surface area contributed by atoms with Crippen molar-refractivity contribution >= 4 is 11.0 Å². The first kappa shape index (κ1) is 14.7. The third-order valence-corrected chi connectivity index (χ3v) is 3.67. The summed E-state index contributed by atoms with van der Waals surface area (Å²) in [6.07, 6.45) is 4.69. The Morgan fingerprint density at radius 3 is 2.20 bits per heavy atom. The highest BCUT2D eigenvalue weighted by Gasteiger charge is 2.16. The number of benzene rings is 1. The smallest absolute Gasteiger partial charge is 0.163 e. The fraction of sp³-hybridized carbons (Fsp3) is 0.562. The maximum atomic E-state index is 5.34. The first-order chi connectivity index (χ1) is 9.73. The van der Waals surface area contributed by atoms with E-state index in [4.69, 9.17) is 14.5 Å². The highest BCUT2D eigenvalue weighted by molar-refractivity contribution is 5.79. The van der Waals surface area contributed by atoms with E-state index in [2.05, 4.69) is 18.8 Å². The predicted molar refractivity (Wildman–Crippen MR) is 81.8 cm³/mol. The lowest BCUT2D eigenvalue weighted by Crippen LogP contribution is -2.00. The maximum absolute atomic E-state index is 5.34.